The van der Waals surface area contributed by atoms with E-state index in [0.29, 0.717) is 30.3 Å². The Hall–Kier alpha value is -3.06. The van der Waals surface area contributed by atoms with Crippen molar-refractivity contribution in [1.82, 2.24) is 19.7 Å². The monoisotopic (exact) mass is 434 g/mol. The zero-order valence-electron chi connectivity index (χ0n) is 17.5. The second-order valence-electron chi connectivity index (χ2n) is 8.02. The average Bonchev–Trinajstić information content (AvgIpc) is 3.34. The number of benzene rings is 2. The lowest BCUT2D eigenvalue weighted by molar-refractivity contribution is 0.0711. The maximum absolute atomic E-state index is 13.3. The van der Waals surface area contributed by atoms with Crippen molar-refractivity contribution in [3.05, 3.63) is 76.3 Å². The van der Waals surface area contributed by atoms with Gasteiger partial charge in [-0.05, 0) is 63.1 Å². The number of rotatable bonds is 3. The number of nitrogens with zero attached hydrogens (tertiary/aromatic N) is 4. The molecule has 4 aromatic rings. The van der Waals surface area contributed by atoms with Crippen molar-refractivity contribution >= 4 is 27.5 Å². The van der Waals surface area contributed by atoms with Crippen LogP contribution in [0.4, 0.5) is 4.39 Å². The van der Waals surface area contributed by atoms with Crippen molar-refractivity contribution in [2.45, 2.75) is 32.6 Å². The SMILES string of the molecule is Cc1nn(-c2ccc(F)cc2)c(C)c1C(=O)N1CCC(c2nc3ccccc3s2)CC1. The van der Waals surface area contributed by atoms with Gasteiger partial charge < -0.3 is 4.90 Å². The van der Waals surface area contributed by atoms with Crippen LogP contribution in [0.3, 0.4) is 0 Å². The Labute approximate surface area is 184 Å². The lowest BCUT2D eigenvalue weighted by Crippen LogP contribution is -2.38. The summed E-state index contributed by atoms with van der Waals surface area (Å²) in [6.45, 7) is 5.17. The first kappa shape index (κ1) is 19.9. The molecule has 3 heterocycles. The molecule has 1 aliphatic rings. The first-order valence-corrected chi connectivity index (χ1v) is 11.3. The van der Waals surface area contributed by atoms with Gasteiger partial charge in [0.2, 0.25) is 0 Å². The average molecular weight is 435 g/mol. The van der Waals surface area contributed by atoms with Crippen LogP contribution in [0.1, 0.15) is 45.5 Å². The van der Waals surface area contributed by atoms with Gasteiger partial charge in [0, 0.05) is 19.0 Å². The van der Waals surface area contributed by atoms with E-state index in [1.807, 2.05) is 30.9 Å². The van der Waals surface area contributed by atoms with Gasteiger partial charge >= 0.3 is 0 Å². The number of para-hydroxylation sites is 1. The van der Waals surface area contributed by atoms with Crippen molar-refractivity contribution < 1.29 is 9.18 Å². The van der Waals surface area contributed by atoms with E-state index in [1.54, 1.807) is 28.2 Å². The van der Waals surface area contributed by atoms with Gasteiger partial charge in [0.05, 0.1) is 37.9 Å². The van der Waals surface area contributed by atoms with E-state index in [0.717, 1.165) is 29.7 Å². The Bertz CT molecular complexity index is 1220. The van der Waals surface area contributed by atoms with E-state index in [1.165, 1.54) is 21.8 Å². The number of piperidine rings is 1. The Morgan fingerprint density at radius 3 is 2.48 bits per heavy atom. The largest absolute Gasteiger partial charge is 0.338 e. The third-order valence-corrected chi connectivity index (χ3v) is 7.22. The Morgan fingerprint density at radius 2 is 1.77 bits per heavy atom. The number of hydrogen-bond donors (Lipinski definition) is 0. The van der Waals surface area contributed by atoms with Crippen LogP contribution in [0.5, 0.6) is 0 Å². The van der Waals surface area contributed by atoms with Gasteiger partial charge in [-0.2, -0.15) is 5.10 Å². The van der Waals surface area contributed by atoms with Gasteiger partial charge in [-0.25, -0.2) is 14.1 Å². The number of carbonyl (C=O) groups is 1. The normalized spacial score (nSPS) is 15.0. The minimum Gasteiger partial charge on any atom is -0.338 e. The van der Waals surface area contributed by atoms with Crippen LogP contribution in [0.2, 0.25) is 0 Å². The predicted molar refractivity (Wildman–Crippen MR) is 120 cm³/mol. The first-order chi connectivity index (χ1) is 15.0. The number of fused-ring (bicyclic) bond motifs is 1. The maximum Gasteiger partial charge on any atom is 0.257 e. The van der Waals surface area contributed by atoms with Crippen LogP contribution < -0.4 is 0 Å². The molecule has 0 radical (unpaired) electrons. The molecule has 1 aliphatic heterocycles. The van der Waals surface area contributed by atoms with E-state index < -0.39 is 0 Å². The number of thiazole rings is 1. The lowest BCUT2D eigenvalue weighted by atomic mass is 9.97. The van der Waals surface area contributed by atoms with Crippen LogP contribution >= 0.6 is 11.3 Å². The van der Waals surface area contributed by atoms with Crippen molar-refractivity contribution in [3.63, 3.8) is 0 Å². The number of amides is 1. The van der Waals surface area contributed by atoms with Crippen LogP contribution in [0, 0.1) is 19.7 Å². The summed E-state index contributed by atoms with van der Waals surface area (Å²) in [6, 6.07) is 14.4. The van der Waals surface area contributed by atoms with Crippen LogP contribution in [0.15, 0.2) is 48.5 Å². The molecular formula is C24H23FN4OS. The second-order valence-corrected chi connectivity index (χ2v) is 9.08. The quantitative estimate of drug-likeness (QED) is 0.442. The standard InChI is InChI=1S/C24H23FN4OS/c1-15-22(16(2)29(27-15)19-9-7-18(25)8-10-19)24(30)28-13-11-17(12-14-28)23-26-20-5-3-4-6-21(20)31-23/h3-10,17H,11-14H2,1-2H3. The molecule has 1 amide bonds. The summed E-state index contributed by atoms with van der Waals surface area (Å²) in [7, 11) is 0. The third kappa shape index (κ3) is 3.63. The predicted octanol–water partition coefficient (Wildman–Crippen LogP) is 5.26. The molecule has 2 aromatic heterocycles. The molecule has 158 valence electrons. The first-order valence-electron chi connectivity index (χ1n) is 10.5. The van der Waals surface area contributed by atoms with E-state index >= 15 is 0 Å². The van der Waals surface area contributed by atoms with Crippen LogP contribution in [-0.2, 0) is 0 Å². The van der Waals surface area contributed by atoms with Crippen LogP contribution in [-0.4, -0.2) is 38.7 Å². The summed E-state index contributed by atoms with van der Waals surface area (Å²) in [6.07, 6.45) is 1.82. The number of halogens is 1. The van der Waals surface area contributed by atoms with E-state index in [9.17, 15) is 9.18 Å². The molecule has 7 heteroatoms. The van der Waals surface area contributed by atoms with Crippen LogP contribution in [0.25, 0.3) is 15.9 Å². The summed E-state index contributed by atoms with van der Waals surface area (Å²) in [5, 5.41) is 5.72. The highest BCUT2D eigenvalue weighted by atomic mass is 32.1. The number of aromatic nitrogens is 3. The molecule has 31 heavy (non-hydrogen) atoms. The van der Waals surface area contributed by atoms with E-state index in [-0.39, 0.29) is 11.7 Å². The molecule has 0 aliphatic carbocycles. The minimum absolute atomic E-state index is 0.0195. The molecule has 5 nitrogen and oxygen atoms in total. The zero-order valence-corrected chi connectivity index (χ0v) is 18.3. The summed E-state index contributed by atoms with van der Waals surface area (Å²) in [5.74, 6) is 0.120. The number of hydrogen-bond acceptors (Lipinski definition) is 4. The molecule has 1 fully saturated rings. The molecule has 0 N–H and O–H groups in total. The van der Waals surface area contributed by atoms with Gasteiger partial charge in [-0.1, -0.05) is 12.1 Å². The molecule has 2 aromatic carbocycles. The number of carbonyl (C=O) groups excluding carboxylic acids is 1. The molecule has 0 saturated carbocycles. The van der Waals surface area contributed by atoms with E-state index in [4.69, 9.17) is 4.98 Å². The fourth-order valence-corrected chi connectivity index (χ4v) is 5.47. The zero-order chi connectivity index (χ0) is 21.5. The summed E-state index contributed by atoms with van der Waals surface area (Å²) in [4.78, 5) is 20.1. The Morgan fingerprint density at radius 1 is 1.06 bits per heavy atom. The summed E-state index contributed by atoms with van der Waals surface area (Å²) in [5.41, 5.74) is 3.92. The van der Waals surface area contributed by atoms with Gasteiger partial charge in [0.1, 0.15) is 5.82 Å². The fourth-order valence-electron chi connectivity index (χ4n) is 4.34. The van der Waals surface area contributed by atoms with Crippen molar-refractivity contribution in [2.24, 2.45) is 0 Å². The topological polar surface area (TPSA) is 51.0 Å². The highest BCUT2D eigenvalue weighted by molar-refractivity contribution is 7.18. The maximum atomic E-state index is 13.3. The summed E-state index contributed by atoms with van der Waals surface area (Å²) >= 11 is 1.76. The summed E-state index contributed by atoms with van der Waals surface area (Å²) < 4.78 is 16.2. The molecule has 0 unspecified atom stereocenters. The number of likely N-dealkylation sites (tertiary alicyclic amines) is 1. The molecule has 5 rings (SSSR count). The highest BCUT2D eigenvalue weighted by Gasteiger charge is 2.29. The molecule has 1 saturated heterocycles. The number of aryl methyl sites for hydroxylation is 1. The fraction of sp³-hybridized carbons (Fsp3) is 0.292. The van der Waals surface area contributed by atoms with Gasteiger partial charge in [-0.3, -0.25) is 4.79 Å². The van der Waals surface area contributed by atoms with Gasteiger partial charge in [-0.15, -0.1) is 11.3 Å². The van der Waals surface area contributed by atoms with Crippen molar-refractivity contribution in [2.75, 3.05) is 13.1 Å². The highest BCUT2D eigenvalue weighted by Crippen LogP contribution is 2.34. The Balaban J connectivity index is 1.33. The molecular weight excluding hydrogens is 411 g/mol. The molecule has 0 atom stereocenters. The second kappa shape index (κ2) is 7.89. The van der Waals surface area contributed by atoms with Crippen molar-refractivity contribution in [3.8, 4) is 5.69 Å². The minimum atomic E-state index is -0.294. The third-order valence-electron chi connectivity index (χ3n) is 6.02. The van der Waals surface area contributed by atoms with Gasteiger partial charge in [0.15, 0.2) is 0 Å². The lowest BCUT2D eigenvalue weighted by Gasteiger charge is -2.31. The smallest absolute Gasteiger partial charge is 0.257 e. The molecule has 0 spiro atoms. The Kier molecular flexibility index (Phi) is 5.06. The van der Waals surface area contributed by atoms with Crippen molar-refractivity contribution in [1.29, 1.82) is 0 Å². The van der Waals surface area contributed by atoms with E-state index in [2.05, 4.69) is 17.2 Å². The van der Waals surface area contributed by atoms with Gasteiger partial charge in [0.25, 0.3) is 5.91 Å². The molecule has 0 bridgehead atoms.